The summed E-state index contributed by atoms with van der Waals surface area (Å²) in [5.74, 6) is -6.12. The van der Waals surface area contributed by atoms with E-state index < -0.39 is 29.2 Å². The minimum Gasteiger partial charge on any atom is -0.228 e. The van der Waals surface area contributed by atoms with E-state index in [0.29, 0.717) is 6.07 Å². The second-order valence-electron chi connectivity index (χ2n) is 2.89. The van der Waals surface area contributed by atoms with Crippen LogP contribution < -0.4 is 0 Å². The van der Waals surface area contributed by atoms with Crippen LogP contribution in [0.15, 0.2) is 12.3 Å². The fourth-order valence-corrected chi connectivity index (χ4v) is 1.00. The average Bonchev–Trinajstić information content (AvgIpc) is 2.00. The van der Waals surface area contributed by atoms with Crippen molar-refractivity contribution in [2.45, 2.75) is 19.0 Å². The van der Waals surface area contributed by atoms with Crippen LogP contribution in [0.1, 0.15) is 11.1 Å². The van der Waals surface area contributed by atoms with E-state index in [9.17, 15) is 26.3 Å². The fourth-order valence-electron chi connectivity index (χ4n) is 1.00. The molecule has 0 spiro atoms. The maximum absolute atomic E-state index is 12.8. The number of pyridine rings is 1. The van der Waals surface area contributed by atoms with Gasteiger partial charge in [0.1, 0.15) is 0 Å². The standard InChI is InChI=1S/C8H5F6N/c1-4-2-6(9)15-3-5(4)7(10,11)8(12,13)14/h2-3H,1H3. The number of aromatic nitrogens is 1. The lowest BCUT2D eigenvalue weighted by atomic mass is 10.1. The highest BCUT2D eigenvalue weighted by Crippen LogP contribution is 2.44. The lowest BCUT2D eigenvalue weighted by Crippen LogP contribution is -2.34. The number of alkyl halides is 5. The molecule has 0 fully saturated rings. The summed E-state index contributed by atoms with van der Waals surface area (Å²) < 4.78 is 73.7. The van der Waals surface area contributed by atoms with Gasteiger partial charge in [-0.05, 0) is 18.6 Å². The van der Waals surface area contributed by atoms with E-state index in [-0.39, 0.29) is 6.20 Å². The predicted octanol–water partition coefficient (Wildman–Crippen LogP) is 3.18. The van der Waals surface area contributed by atoms with Gasteiger partial charge in [-0.15, -0.1) is 0 Å². The molecule has 0 bridgehead atoms. The zero-order valence-corrected chi connectivity index (χ0v) is 7.37. The molecule has 15 heavy (non-hydrogen) atoms. The molecule has 1 heterocycles. The number of rotatable bonds is 1. The number of halogens is 6. The van der Waals surface area contributed by atoms with E-state index in [4.69, 9.17) is 0 Å². The predicted molar refractivity (Wildman–Crippen MR) is 38.9 cm³/mol. The number of hydrogen-bond acceptors (Lipinski definition) is 1. The van der Waals surface area contributed by atoms with Crippen molar-refractivity contribution < 1.29 is 26.3 Å². The van der Waals surface area contributed by atoms with Gasteiger partial charge in [-0.25, -0.2) is 4.98 Å². The first-order valence-electron chi connectivity index (χ1n) is 3.73. The van der Waals surface area contributed by atoms with Crippen molar-refractivity contribution >= 4 is 0 Å². The Morgan fingerprint density at radius 3 is 2.07 bits per heavy atom. The molecule has 0 aliphatic rings. The second-order valence-corrected chi connectivity index (χ2v) is 2.89. The minimum absolute atomic E-state index is 0.193. The Balaban J connectivity index is 3.28. The van der Waals surface area contributed by atoms with Crippen molar-refractivity contribution in [3.05, 3.63) is 29.3 Å². The van der Waals surface area contributed by atoms with Crippen LogP contribution in [0.4, 0.5) is 26.3 Å². The molecule has 84 valence electrons. The lowest BCUT2D eigenvalue weighted by molar-refractivity contribution is -0.289. The van der Waals surface area contributed by atoms with Crippen LogP contribution >= 0.6 is 0 Å². The van der Waals surface area contributed by atoms with Gasteiger partial charge in [-0.1, -0.05) is 0 Å². The molecular weight excluding hydrogens is 224 g/mol. The summed E-state index contributed by atoms with van der Waals surface area (Å²) in [4.78, 5) is 2.77. The summed E-state index contributed by atoms with van der Waals surface area (Å²) in [5.41, 5.74) is -1.83. The molecule has 1 aromatic rings. The van der Waals surface area contributed by atoms with Crippen molar-refractivity contribution in [1.82, 2.24) is 4.98 Å². The summed E-state index contributed by atoms with van der Waals surface area (Å²) in [6.45, 7) is 0.958. The normalized spacial score (nSPS) is 13.0. The van der Waals surface area contributed by atoms with Gasteiger partial charge in [0.2, 0.25) is 5.95 Å². The summed E-state index contributed by atoms with van der Waals surface area (Å²) in [7, 11) is 0. The molecule has 0 radical (unpaired) electrons. The van der Waals surface area contributed by atoms with Gasteiger partial charge in [0.25, 0.3) is 0 Å². The largest absolute Gasteiger partial charge is 0.458 e. The highest BCUT2D eigenvalue weighted by atomic mass is 19.4. The zero-order valence-electron chi connectivity index (χ0n) is 7.37. The van der Waals surface area contributed by atoms with Crippen LogP contribution in [0, 0.1) is 12.9 Å². The Bertz CT molecular complexity index is 370. The molecule has 0 aromatic carbocycles. The Hall–Kier alpha value is -1.27. The van der Waals surface area contributed by atoms with E-state index in [0.717, 1.165) is 6.92 Å². The van der Waals surface area contributed by atoms with Crippen molar-refractivity contribution in [3.63, 3.8) is 0 Å². The molecule has 0 saturated heterocycles. The van der Waals surface area contributed by atoms with Crippen molar-refractivity contribution in [2.75, 3.05) is 0 Å². The molecular formula is C8H5F6N. The van der Waals surface area contributed by atoms with E-state index in [1.165, 1.54) is 0 Å². The van der Waals surface area contributed by atoms with E-state index in [1.807, 2.05) is 0 Å². The van der Waals surface area contributed by atoms with E-state index in [2.05, 4.69) is 4.98 Å². The van der Waals surface area contributed by atoms with Gasteiger partial charge in [-0.2, -0.15) is 26.3 Å². The molecule has 7 heteroatoms. The van der Waals surface area contributed by atoms with Gasteiger partial charge < -0.3 is 0 Å². The Morgan fingerprint density at radius 2 is 1.67 bits per heavy atom. The first kappa shape index (κ1) is 11.8. The number of nitrogens with zero attached hydrogens (tertiary/aromatic N) is 1. The van der Waals surface area contributed by atoms with Crippen LogP contribution in [0.2, 0.25) is 0 Å². The summed E-state index contributed by atoms with van der Waals surface area (Å²) in [6.07, 6.45) is -5.52. The van der Waals surface area contributed by atoms with Gasteiger partial charge in [0, 0.05) is 6.20 Å². The lowest BCUT2D eigenvalue weighted by Gasteiger charge is -2.20. The summed E-state index contributed by atoms with van der Waals surface area (Å²) >= 11 is 0. The SMILES string of the molecule is Cc1cc(F)ncc1C(F)(F)C(F)(F)F. The zero-order chi connectivity index (χ0) is 11.9. The quantitative estimate of drug-likeness (QED) is 0.532. The first-order chi connectivity index (χ1) is 6.66. The smallest absolute Gasteiger partial charge is 0.228 e. The van der Waals surface area contributed by atoms with Crippen LogP contribution in [-0.4, -0.2) is 11.2 Å². The first-order valence-corrected chi connectivity index (χ1v) is 3.73. The average molecular weight is 229 g/mol. The molecule has 1 aromatic heterocycles. The van der Waals surface area contributed by atoms with Crippen molar-refractivity contribution in [2.24, 2.45) is 0 Å². The highest BCUT2D eigenvalue weighted by molar-refractivity contribution is 5.27. The third-order valence-corrected chi connectivity index (χ3v) is 1.77. The monoisotopic (exact) mass is 229 g/mol. The topological polar surface area (TPSA) is 12.9 Å². The minimum atomic E-state index is -5.71. The molecule has 0 atom stereocenters. The van der Waals surface area contributed by atoms with E-state index >= 15 is 0 Å². The van der Waals surface area contributed by atoms with Gasteiger partial charge >= 0.3 is 12.1 Å². The summed E-state index contributed by atoms with van der Waals surface area (Å²) in [6, 6.07) is 0.523. The molecule has 0 N–H and O–H groups in total. The number of aryl methyl sites for hydroxylation is 1. The Kier molecular flexibility index (Phi) is 2.67. The van der Waals surface area contributed by atoms with Crippen LogP contribution in [0.25, 0.3) is 0 Å². The highest BCUT2D eigenvalue weighted by Gasteiger charge is 2.59. The second kappa shape index (κ2) is 3.39. The Labute approximate surface area is 80.7 Å². The van der Waals surface area contributed by atoms with Crippen molar-refractivity contribution in [1.29, 1.82) is 0 Å². The molecule has 1 nitrogen and oxygen atoms in total. The van der Waals surface area contributed by atoms with Crippen LogP contribution in [0.5, 0.6) is 0 Å². The van der Waals surface area contributed by atoms with Gasteiger partial charge in [0.05, 0.1) is 5.56 Å². The fraction of sp³-hybridized carbons (Fsp3) is 0.375. The maximum atomic E-state index is 12.8. The van der Waals surface area contributed by atoms with Crippen LogP contribution in [-0.2, 0) is 5.92 Å². The van der Waals surface area contributed by atoms with Gasteiger partial charge in [0.15, 0.2) is 0 Å². The third kappa shape index (κ3) is 2.05. The molecule has 1 rings (SSSR count). The molecule has 0 unspecified atom stereocenters. The molecule has 0 amide bonds. The van der Waals surface area contributed by atoms with Gasteiger partial charge in [-0.3, -0.25) is 0 Å². The van der Waals surface area contributed by atoms with E-state index in [1.54, 1.807) is 0 Å². The third-order valence-electron chi connectivity index (χ3n) is 1.77. The molecule has 0 saturated carbocycles. The van der Waals surface area contributed by atoms with Crippen molar-refractivity contribution in [3.8, 4) is 0 Å². The molecule has 0 aliphatic heterocycles. The molecule has 0 aliphatic carbocycles. The number of hydrogen-bond donors (Lipinski definition) is 0. The van der Waals surface area contributed by atoms with Crippen LogP contribution in [0.3, 0.4) is 0 Å². The Morgan fingerprint density at radius 1 is 1.13 bits per heavy atom. The summed E-state index contributed by atoms with van der Waals surface area (Å²) in [5, 5.41) is 0. The maximum Gasteiger partial charge on any atom is 0.458 e.